The number of carbonyl (C=O) groups excluding carboxylic acids is 4. The van der Waals surface area contributed by atoms with Crippen molar-refractivity contribution < 1.29 is 42.5 Å². The van der Waals surface area contributed by atoms with Crippen LogP contribution in [0.15, 0.2) is 54.7 Å². The van der Waals surface area contributed by atoms with Crippen LogP contribution in [0.5, 0.6) is 11.8 Å². The van der Waals surface area contributed by atoms with Crippen LogP contribution in [0, 0.1) is 16.6 Å². The first-order valence-corrected chi connectivity index (χ1v) is 28.5. The van der Waals surface area contributed by atoms with E-state index in [9.17, 15) is 19.2 Å². The number of piperidine rings is 2. The van der Waals surface area contributed by atoms with E-state index in [1.807, 2.05) is 62.1 Å². The van der Waals surface area contributed by atoms with Crippen LogP contribution < -0.4 is 24.6 Å². The van der Waals surface area contributed by atoms with Crippen molar-refractivity contribution in [2.24, 2.45) is 10.8 Å². The number of aryl methyl sites for hydroxylation is 1. The number of nitrogens with one attached hydrogen (secondary N) is 1. The summed E-state index contributed by atoms with van der Waals surface area (Å²) in [4.78, 5) is 79.2. The number of aromatic nitrogens is 3. The molecule has 1 saturated carbocycles. The van der Waals surface area contributed by atoms with Gasteiger partial charge >= 0.3 is 12.1 Å². The molecule has 2 bridgehead atoms. The standard InChI is InChI=1S/C60H71FN10O8/c1-6-36-8-7-9-37-23-43(78-35-76-5)24-45(49(36)37)51-50(61)52-46(25-62-51)53(68-27-40-10-11-41(28-68)71(40)57(75)79-58(2,3)4)65-56(64-52)77-34-60(16-17-60)31-66-20-18-59(19-21-66)32-69(33-59)42-29-67(30-42)39-12-13-44-38(22-39)26-70(55(44)74)47-14-15-48(72)63-54(47)73/h7-9,12-13,22-25,40-42,47H,6,10-11,14-21,26-35H2,1-5H3,(H,63,72,73). The Morgan fingerprint density at radius 2 is 1.63 bits per heavy atom. The molecule has 5 aromatic rings. The van der Waals surface area contributed by atoms with E-state index in [0.29, 0.717) is 72.2 Å². The number of hydrogen-bond acceptors (Lipinski definition) is 15. The summed E-state index contributed by atoms with van der Waals surface area (Å²) in [6.07, 6.45) is 8.76. The minimum absolute atomic E-state index is 0.0378. The molecular weight excluding hydrogens is 1010 g/mol. The fourth-order valence-electron chi connectivity index (χ4n) is 13.8. The number of pyridine rings is 1. The van der Waals surface area contributed by atoms with Gasteiger partial charge in [0.15, 0.2) is 12.6 Å². The van der Waals surface area contributed by atoms with E-state index in [1.54, 1.807) is 18.2 Å². The second kappa shape index (κ2) is 19.8. The predicted molar refractivity (Wildman–Crippen MR) is 295 cm³/mol. The van der Waals surface area contributed by atoms with Crippen LogP contribution in [0.1, 0.15) is 101 Å². The lowest BCUT2D eigenvalue weighted by molar-refractivity contribution is -0.136. The summed E-state index contributed by atoms with van der Waals surface area (Å²) in [5.41, 5.74) is 4.31. The number of nitrogens with zero attached hydrogens (tertiary/aromatic N) is 9. The number of hydrogen-bond donors (Lipinski definition) is 1. The molecule has 0 radical (unpaired) electrons. The van der Waals surface area contributed by atoms with Crippen molar-refractivity contribution in [1.82, 2.24) is 39.9 Å². The van der Waals surface area contributed by atoms with Gasteiger partial charge in [0.2, 0.25) is 11.8 Å². The number of piperazine rings is 1. The molecule has 1 spiro atoms. The third-order valence-electron chi connectivity index (χ3n) is 18.3. The van der Waals surface area contributed by atoms with Crippen molar-refractivity contribution in [3.05, 3.63) is 77.2 Å². The Labute approximate surface area is 459 Å². The normalized spacial score (nSPS) is 23.8. The van der Waals surface area contributed by atoms with E-state index in [1.165, 1.54) is 0 Å². The quantitative estimate of drug-likeness (QED) is 0.0864. The first-order chi connectivity index (χ1) is 38.1. The number of amides is 4. The molecule has 3 aromatic carbocycles. The van der Waals surface area contributed by atoms with Gasteiger partial charge in [0.1, 0.15) is 34.4 Å². The highest BCUT2D eigenvalue weighted by molar-refractivity contribution is 6.06. The summed E-state index contributed by atoms with van der Waals surface area (Å²) >= 11 is 0. The monoisotopic (exact) mass is 1080 g/mol. The summed E-state index contributed by atoms with van der Waals surface area (Å²) in [5, 5.41) is 4.68. The molecule has 1 N–H and O–H groups in total. The highest BCUT2D eigenvalue weighted by Crippen LogP contribution is 2.50. The van der Waals surface area contributed by atoms with Gasteiger partial charge in [-0.15, -0.1) is 0 Å². The van der Waals surface area contributed by atoms with Gasteiger partial charge in [-0.2, -0.15) is 9.97 Å². The van der Waals surface area contributed by atoms with Gasteiger partial charge in [-0.05, 0) is 143 Å². The van der Waals surface area contributed by atoms with Gasteiger partial charge in [0.25, 0.3) is 5.91 Å². The molecular formula is C60H71FN10O8. The highest BCUT2D eigenvalue weighted by Gasteiger charge is 2.52. The fraction of sp³-hybridized carbons (Fsp3) is 0.550. The van der Waals surface area contributed by atoms with Crippen LogP contribution in [-0.4, -0.2) is 168 Å². The number of ether oxygens (including phenoxy) is 4. The Balaban J connectivity index is 0.677. The number of methoxy groups -OCH3 is 1. The molecule has 1 aliphatic carbocycles. The lowest BCUT2D eigenvalue weighted by atomic mass is 9.70. The highest BCUT2D eigenvalue weighted by atomic mass is 19.1. The number of rotatable bonds is 14. The third kappa shape index (κ3) is 9.66. The van der Waals surface area contributed by atoms with Gasteiger partial charge in [-0.1, -0.05) is 25.1 Å². The minimum Gasteiger partial charge on any atom is -0.468 e. The SMILES string of the molecule is CCc1cccc2cc(OCOC)cc(-c3ncc4c(N5CC6CCC(C5)N6C(=O)OC(C)(C)C)nc(OCC5(CN6CCC7(CC6)CN(C6CN(c8ccc9c(c8)CN(C8CCC(=O)NC8=O)C9=O)C6)C7)CC5)nc4c3F)c12. The van der Waals surface area contributed by atoms with E-state index in [-0.39, 0.29) is 71.7 Å². The van der Waals surface area contributed by atoms with Crippen molar-refractivity contribution in [3.8, 4) is 23.0 Å². The largest absolute Gasteiger partial charge is 0.468 e. The second-order valence-corrected chi connectivity index (χ2v) is 24.9. The zero-order chi connectivity index (χ0) is 54.5. The van der Waals surface area contributed by atoms with Crippen LogP contribution >= 0.6 is 0 Å². The topological polar surface area (TPSA) is 175 Å². The number of anilines is 2. The molecule has 7 aliphatic heterocycles. The van der Waals surface area contributed by atoms with Crippen molar-refractivity contribution >= 4 is 57.0 Å². The Morgan fingerprint density at radius 1 is 0.873 bits per heavy atom. The van der Waals surface area contributed by atoms with E-state index in [2.05, 4.69) is 44.0 Å². The van der Waals surface area contributed by atoms with E-state index in [4.69, 9.17) is 33.9 Å². The van der Waals surface area contributed by atoms with Gasteiger partial charge in [-0.25, -0.2) is 9.18 Å². The van der Waals surface area contributed by atoms with Gasteiger partial charge in [-0.3, -0.25) is 34.5 Å². The molecule has 7 fully saturated rings. The molecule has 13 rings (SSSR count). The van der Waals surface area contributed by atoms with Crippen LogP contribution in [-0.2, 0) is 32.0 Å². The Bertz CT molecular complexity index is 3260. The molecule has 3 atom stereocenters. The Kier molecular flexibility index (Phi) is 13.0. The Morgan fingerprint density at radius 3 is 2.34 bits per heavy atom. The zero-order valence-electron chi connectivity index (χ0n) is 46.0. The first-order valence-electron chi connectivity index (χ1n) is 28.5. The molecule has 19 heteroatoms. The number of likely N-dealkylation sites (tertiary alicyclic amines) is 2. The van der Waals surface area contributed by atoms with E-state index < -0.39 is 17.5 Å². The molecule has 3 unspecified atom stereocenters. The third-order valence-corrected chi connectivity index (χ3v) is 18.3. The lowest BCUT2D eigenvalue weighted by Crippen LogP contribution is -2.70. The summed E-state index contributed by atoms with van der Waals surface area (Å²) in [6, 6.07) is 15.7. The van der Waals surface area contributed by atoms with Crippen LogP contribution in [0.25, 0.3) is 32.9 Å². The Hall–Kier alpha value is -6.70. The van der Waals surface area contributed by atoms with Crippen molar-refractivity contribution in [3.63, 3.8) is 0 Å². The first kappa shape index (κ1) is 51.7. The van der Waals surface area contributed by atoms with E-state index >= 15 is 4.39 Å². The molecule has 416 valence electrons. The van der Waals surface area contributed by atoms with Gasteiger partial charge in [0, 0.05) is 100 Å². The van der Waals surface area contributed by atoms with Crippen molar-refractivity contribution in [2.75, 3.05) is 89.2 Å². The van der Waals surface area contributed by atoms with Crippen LogP contribution in [0.2, 0.25) is 0 Å². The number of benzene rings is 3. The summed E-state index contributed by atoms with van der Waals surface area (Å²) < 4.78 is 41.4. The number of halogens is 1. The average Bonchev–Trinajstić information content (AvgIpc) is 4.13. The number of carbonyl (C=O) groups is 4. The maximum Gasteiger partial charge on any atom is 0.410 e. The number of imide groups is 1. The smallest absolute Gasteiger partial charge is 0.410 e. The lowest BCUT2D eigenvalue weighted by Gasteiger charge is -2.60. The maximum atomic E-state index is 17.7. The van der Waals surface area contributed by atoms with Gasteiger partial charge in [0.05, 0.1) is 24.1 Å². The molecule has 2 aromatic heterocycles. The molecule has 6 saturated heterocycles. The molecule has 18 nitrogen and oxygen atoms in total. The molecule has 79 heavy (non-hydrogen) atoms. The minimum atomic E-state index is -0.621. The molecule has 9 heterocycles. The summed E-state index contributed by atoms with van der Waals surface area (Å²) in [6.45, 7) is 16.7. The van der Waals surface area contributed by atoms with E-state index in [0.717, 1.165) is 118 Å². The predicted octanol–water partition coefficient (Wildman–Crippen LogP) is 7.32. The summed E-state index contributed by atoms with van der Waals surface area (Å²) in [5.74, 6) is -0.296. The van der Waals surface area contributed by atoms with Crippen molar-refractivity contribution in [2.45, 2.75) is 122 Å². The van der Waals surface area contributed by atoms with Gasteiger partial charge < -0.3 is 38.5 Å². The second-order valence-electron chi connectivity index (χ2n) is 24.9. The van der Waals surface area contributed by atoms with Crippen LogP contribution in [0.4, 0.5) is 20.7 Å². The maximum absolute atomic E-state index is 17.7. The van der Waals surface area contributed by atoms with Crippen LogP contribution in [0.3, 0.4) is 0 Å². The molecule has 8 aliphatic rings. The summed E-state index contributed by atoms with van der Waals surface area (Å²) in [7, 11) is 1.57. The molecule has 4 amide bonds. The number of fused-ring (bicyclic) bond motifs is 5. The van der Waals surface area contributed by atoms with Crippen molar-refractivity contribution in [1.29, 1.82) is 0 Å². The fourth-order valence-corrected chi connectivity index (χ4v) is 13.8. The zero-order valence-corrected chi connectivity index (χ0v) is 46.0. The average molecular weight is 1080 g/mol.